The SMILES string of the molecule is CCNC[C@@H]1CC[C@@H](C(=O)O)N1c1cnn(C)c1. The van der Waals surface area contributed by atoms with Crippen LogP contribution in [0.3, 0.4) is 0 Å². The molecule has 0 aromatic carbocycles. The fraction of sp³-hybridized carbons (Fsp3) is 0.667. The standard InChI is InChI=1S/C12H20N4O2/c1-3-13-6-9-4-5-11(12(17)18)16(9)10-7-14-15(2)8-10/h7-9,11,13H,3-6H2,1-2H3,(H,17,18)/t9-,11-/m0/s1. The minimum atomic E-state index is -0.752. The van der Waals surface area contributed by atoms with Gasteiger partial charge in [-0.15, -0.1) is 0 Å². The normalized spacial score (nSPS) is 23.6. The molecule has 1 aliphatic heterocycles. The lowest BCUT2D eigenvalue weighted by atomic mass is 10.2. The van der Waals surface area contributed by atoms with E-state index < -0.39 is 12.0 Å². The molecule has 0 unspecified atom stereocenters. The Labute approximate surface area is 107 Å². The highest BCUT2D eigenvalue weighted by Crippen LogP contribution is 2.30. The number of likely N-dealkylation sites (N-methyl/N-ethyl adjacent to an activating group) is 1. The predicted molar refractivity (Wildman–Crippen MR) is 68.7 cm³/mol. The summed E-state index contributed by atoms with van der Waals surface area (Å²) in [6.07, 6.45) is 5.21. The number of nitrogens with zero attached hydrogens (tertiary/aromatic N) is 3. The molecule has 0 radical (unpaired) electrons. The van der Waals surface area contributed by atoms with Gasteiger partial charge in [-0.3, -0.25) is 4.68 Å². The summed E-state index contributed by atoms with van der Waals surface area (Å²) in [7, 11) is 1.84. The van der Waals surface area contributed by atoms with Gasteiger partial charge in [0, 0.05) is 25.8 Å². The monoisotopic (exact) mass is 252 g/mol. The van der Waals surface area contributed by atoms with Crippen LogP contribution in [0.15, 0.2) is 12.4 Å². The van der Waals surface area contributed by atoms with Gasteiger partial charge in [-0.25, -0.2) is 4.79 Å². The summed E-state index contributed by atoms with van der Waals surface area (Å²) in [6.45, 7) is 3.77. The minimum absolute atomic E-state index is 0.232. The lowest BCUT2D eigenvalue weighted by Crippen LogP contribution is -2.45. The second kappa shape index (κ2) is 5.39. The number of carboxylic acids is 1. The van der Waals surface area contributed by atoms with Crippen molar-refractivity contribution in [2.75, 3.05) is 18.0 Å². The van der Waals surface area contributed by atoms with Crippen molar-refractivity contribution in [3.8, 4) is 0 Å². The van der Waals surface area contributed by atoms with Gasteiger partial charge in [-0.05, 0) is 19.4 Å². The van der Waals surface area contributed by atoms with Gasteiger partial charge < -0.3 is 15.3 Å². The molecule has 0 aliphatic carbocycles. The third-order valence-corrected chi connectivity index (χ3v) is 3.41. The Kier molecular flexibility index (Phi) is 3.86. The van der Waals surface area contributed by atoms with E-state index >= 15 is 0 Å². The number of aliphatic carboxylic acids is 1. The third kappa shape index (κ3) is 2.48. The maximum atomic E-state index is 11.3. The van der Waals surface area contributed by atoms with E-state index in [-0.39, 0.29) is 6.04 Å². The van der Waals surface area contributed by atoms with Gasteiger partial charge in [-0.1, -0.05) is 6.92 Å². The molecule has 2 N–H and O–H groups in total. The van der Waals surface area contributed by atoms with Crippen LogP contribution < -0.4 is 10.2 Å². The Morgan fingerprint density at radius 2 is 2.39 bits per heavy atom. The molecule has 0 saturated carbocycles. The minimum Gasteiger partial charge on any atom is -0.480 e. The molecule has 1 aromatic heterocycles. The summed E-state index contributed by atoms with van der Waals surface area (Å²) >= 11 is 0. The van der Waals surface area contributed by atoms with E-state index in [2.05, 4.69) is 17.3 Å². The Morgan fingerprint density at radius 3 is 2.94 bits per heavy atom. The fourth-order valence-corrected chi connectivity index (χ4v) is 2.57. The first-order chi connectivity index (χ1) is 8.63. The maximum Gasteiger partial charge on any atom is 0.326 e. The number of aromatic nitrogens is 2. The van der Waals surface area contributed by atoms with Crippen LogP contribution in [-0.2, 0) is 11.8 Å². The second-order valence-electron chi connectivity index (χ2n) is 4.67. The van der Waals surface area contributed by atoms with Crippen molar-refractivity contribution >= 4 is 11.7 Å². The van der Waals surface area contributed by atoms with E-state index in [4.69, 9.17) is 0 Å². The van der Waals surface area contributed by atoms with E-state index in [0.717, 1.165) is 25.2 Å². The van der Waals surface area contributed by atoms with E-state index in [1.165, 1.54) is 0 Å². The fourth-order valence-electron chi connectivity index (χ4n) is 2.57. The molecule has 0 spiro atoms. The number of rotatable bonds is 5. The van der Waals surface area contributed by atoms with Crippen LogP contribution in [0.2, 0.25) is 0 Å². The van der Waals surface area contributed by atoms with Crippen molar-refractivity contribution in [1.82, 2.24) is 15.1 Å². The molecule has 2 rings (SSSR count). The number of hydrogen-bond acceptors (Lipinski definition) is 4. The van der Waals surface area contributed by atoms with Crippen molar-refractivity contribution < 1.29 is 9.90 Å². The first-order valence-corrected chi connectivity index (χ1v) is 6.34. The molecule has 1 aromatic rings. The Hall–Kier alpha value is -1.56. The van der Waals surface area contributed by atoms with Gasteiger partial charge in [0.05, 0.1) is 11.9 Å². The molecule has 0 bridgehead atoms. The van der Waals surface area contributed by atoms with Crippen LogP contribution >= 0.6 is 0 Å². The number of carboxylic acid groups (broad SMARTS) is 1. The van der Waals surface area contributed by atoms with E-state index in [9.17, 15) is 9.90 Å². The number of nitrogens with one attached hydrogen (secondary N) is 1. The Bertz CT molecular complexity index is 418. The molecule has 18 heavy (non-hydrogen) atoms. The highest BCUT2D eigenvalue weighted by Gasteiger charge is 2.38. The molecule has 0 amide bonds. The topological polar surface area (TPSA) is 70.4 Å². The van der Waals surface area contributed by atoms with Crippen molar-refractivity contribution in [3.63, 3.8) is 0 Å². The molecular weight excluding hydrogens is 232 g/mol. The number of anilines is 1. The first kappa shape index (κ1) is 12.9. The zero-order valence-corrected chi connectivity index (χ0v) is 10.8. The summed E-state index contributed by atoms with van der Waals surface area (Å²) < 4.78 is 1.71. The lowest BCUT2D eigenvalue weighted by Gasteiger charge is -2.29. The quantitative estimate of drug-likeness (QED) is 0.796. The summed E-state index contributed by atoms with van der Waals surface area (Å²) in [5.41, 5.74) is 0.894. The Morgan fingerprint density at radius 1 is 1.61 bits per heavy atom. The average molecular weight is 252 g/mol. The second-order valence-corrected chi connectivity index (χ2v) is 4.67. The van der Waals surface area contributed by atoms with Gasteiger partial charge in [-0.2, -0.15) is 5.10 Å². The molecule has 2 heterocycles. The van der Waals surface area contributed by atoms with Gasteiger partial charge in [0.2, 0.25) is 0 Å². The van der Waals surface area contributed by atoms with Crippen LogP contribution in [0.1, 0.15) is 19.8 Å². The maximum absolute atomic E-state index is 11.3. The number of hydrogen-bond donors (Lipinski definition) is 2. The van der Waals surface area contributed by atoms with Crippen LogP contribution in [0.4, 0.5) is 5.69 Å². The number of carbonyl (C=O) groups is 1. The van der Waals surface area contributed by atoms with E-state index in [1.54, 1.807) is 10.9 Å². The molecule has 6 heteroatoms. The van der Waals surface area contributed by atoms with Gasteiger partial charge in [0.15, 0.2) is 0 Å². The predicted octanol–water partition coefficient (Wildman–Crippen LogP) is 0.452. The molecule has 1 fully saturated rings. The van der Waals surface area contributed by atoms with E-state index in [1.807, 2.05) is 18.1 Å². The van der Waals surface area contributed by atoms with Gasteiger partial charge in [0.25, 0.3) is 0 Å². The smallest absolute Gasteiger partial charge is 0.326 e. The zero-order chi connectivity index (χ0) is 13.1. The summed E-state index contributed by atoms with van der Waals surface area (Å²) in [6, 6.07) is -0.201. The lowest BCUT2D eigenvalue weighted by molar-refractivity contribution is -0.138. The van der Waals surface area contributed by atoms with Crippen LogP contribution in [0, 0.1) is 0 Å². The summed E-state index contributed by atoms with van der Waals surface area (Å²) in [4.78, 5) is 13.3. The Balaban J connectivity index is 2.19. The van der Waals surface area contributed by atoms with Crippen molar-refractivity contribution in [3.05, 3.63) is 12.4 Å². The van der Waals surface area contributed by atoms with Gasteiger partial charge >= 0.3 is 5.97 Å². The largest absolute Gasteiger partial charge is 0.480 e. The molecule has 100 valence electrons. The molecular formula is C12H20N4O2. The highest BCUT2D eigenvalue weighted by atomic mass is 16.4. The molecule has 1 aliphatic rings. The van der Waals surface area contributed by atoms with Crippen molar-refractivity contribution in [1.29, 1.82) is 0 Å². The molecule has 6 nitrogen and oxygen atoms in total. The van der Waals surface area contributed by atoms with Crippen molar-refractivity contribution in [2.24, 2.45) is 7.05 Å². The third-order valence-electron chi connectivity index (χ3n) is 3.41. The molecule has 2 atom stereocenters. The van der Waals surface area contributed by atoms with Crippen molar-refractivity contribution in [2.45, 2.75) is 31.8 Å². The van der Waals surface area contributed by atoms with Crippen LogP contribution in [-0.4, -0.2) is 46.0 Å². The van der Waals surface area contributed by atoms with Crippen LogP contribution in [0.5, 0.6) is 0 Å². The van der Waals surface area contributed by atoms with E-state index in [0.29, 0.717) is 6.42 Å². The summed E-state index contributed by atoms with van der Waals surface area (Å²) in [5, 5.41) is 16.7. The van der Waals surface area contributed by atoms with Crippen LogP contribution in [0.25, 0.3) is 0 Å². The summed E-state index contributed by atoms with van der Waals surface area (Å²) in [5.74, 6) is -0.752. The first-order valence-electron chi connectivity index (χ1n) is 6.34. The zero-order valence-electron chi connectivity index (χ0n) is 10.8. The molecule has 1 saturated heterocycles. The number of aryl methyl sites for hydroxylation is 1. The average Bonchev–Trinajstić information content (AvgIpc) is 2.91. The van der Waals surface area contributed by atoms with Gasteiger partial charge in [0.1, 0.15) is 6.04 Å². The highest BCUT2D eigenvalue weighted by molar-refractivity contribution is 5.79.